The van der Waals surface area contributed by atoms with Crippen LogP contribution in [0.3, 0.4) is 0 Å². The van der Waals surface area contributed by atoms with Gasteiger partial charge in [-0.2, -0.15) is 0 Å². The number of carbonyl (C=O) groups is 1. The van der Waals surface area contributed by atoms with Crippen LogP contribution in [0.25, 0.3) is 0 Å². The van der Waals surface area contributed by atoms with Crippen molar-refractivity contribution in [3.63, 3.8) is 0 Å². The number of nitrogens with zero attached hydrogens (tertiary/aromatic N) is 2. The van der Waals surface area contributed by atoms with E-state index in [-0.39, 0.29) is 11.9 Å². The summed E-state index contributed by atoms with van der Waals surface area (Å²) in [4.78, 5) is 12.2. The van der Waals surface area contributed by atoms with Crippen molar-refractivity contribution in [1.82, 2.24) is 10.3 Å². The summed E-state index contributed by atoms with van der Waals surface area (Å²) >= 11 is 0. The molecule has 0 spiro atoms. The van der Waals surface area contributed by atoms with Crippen LogP contribution in [-0.2, 0) is 16.0 Å². The predicted molar refractivity (Wildman–Crippen MR) is 82.4 cm³/mol. The molecule has 5 heteroatoms. The first kappa shape index (κ1) is 16.2. The van der Waals surface area contributed by atoms with Gasteiger partial charge in [-0.1, -0.05) is 40.6 Å². The highest BCUT2D eigenvalue weighted by Gasteiger charge is 2.23. The van der Waals surface area contributed by atoms with Gasteiger partial charge >= 0.3 is 5.97 Å². The third kappa shape index (κ3) is 4.69. The van der Waals surface area contributed by atoms with Crippen LogP contribution >= 0.6 is 0 Å². The number of rotatable bonds is 5. The second-order valence-electron chi connectivity index (χ2n) is 6.40. The smallest absolute Gasteiger partial charge is 0.306 e. The molecule has 1 heterocycles. The zero-order valence-corrected chi connectivity index (χ0v) is 13.5. The number of ether oxygens (including phenoxy) is 1. The van der Waals surface area contributed by atoms with Gasteiger partial charge in [0.05, 0.1) is 6.42 Å². The normalized spacial score (nSPS) is 12.9. The third-order valence-electron chi connectivity index (χ3n) is 3.29. The van der Waals surface area contributed by atoms with Gasteiger partial charge in [0.2, 0.25) is 0 Å². The van der Waals surface area contributed by atoms with Crippen LogP contribution in [0.15, 0.2) is 35.0 Å². The van der Waals surface area contributed by atoms with Crippen molar-refractivity contribution in [1.29, 1.82) is 0 Å². The van der Waals surface area contributed by atoms with E-state index in [0.29, 0.717) is 12.8 Å². The second kappa shape index (κ2) is 6.73. The quantitative estimate of drug-likeness (QED) is 0.792. The van der Waals surface area contributed by atoms with Gasteiger partial charge in [0.1, 0.15) is 17.0 Å². The molecule has 0 aliphatic rings. The Labute approximate surface area is 130 Å². The number of carbonyl (C=O) groups excluding carboxylic acids is 1. The van der Waals surface area contributed by atoms with Crippen LogP contribution in [0.1, 0.15) is 50.1 Å². The fraction of sp³-hybridized carbons (Fsp3) is 0.471. The molecule has 5 nitrogen and oxygen atoms in total. The average Bonchev–Trinajstić information content (AvgIpc) is 2.82. The molecule has 0 aliphatic carbocycles. The van der Waals surface area contributed by atoms with Crippen molar-refractivity contribution < 1.29 is 14.2 Å². The maximum absolute atomic E-state index is 12.2. The Morgan fingerprint density at radius 2 is 1.91 bits per heavy atom. The number of hydrogen-bond acceptors (Lipinski definition) is 5. The van der Waals surface area contributed by atoms with Crippen molar-refractivity contribution in [2.75, 3.05) is 0 Å². The molecule has 0 bridgehead atoms. The monoisotopic (exact) mass is 302 g/mol. The summed E-state index contributed by atoms with van der Waals surface area (Å²) in [6, 6.07) is 9.91. The van der Waals surface area contributed by atoms with Crippen LogP contribution in [-0.4, -0.2) is 21.9 Å². The zero-order valence-electron chi connectivity index (χ0n) is 13.5. The molecule has 0 aliphatic heterocycles. The van der Waals surface area contributed by atoms with Gasteiger partial charge in [-0.3, -0.25) is 4.79 Å². The van der Waals surface area contributed by atoms with Gasteiger partial charge in [-0.25, -0.2) is 4.63 Å². The minimum absolute atomic E-state index is 0.0124. The lowest BCUT2D eigenvalue weighted by molar-refractivity contribution is -0.155. The van der Waals surface area contributed by atoms with Crippen molar-refractivity contribution in [3.8, 4) is 0 Å². The Morgan fingerprint density at radius 1 is 1.23 bits per heavy atom. The fourth-order valence-corrected chi connectivity index (χ4v) is 2.29. The summed E-state index contributed by atoms with van der Waals surface area (Å²) in [6.45, 7) is 7.46. The Balaban J connectivity index is 2.15. The van der Waals surface area contributed by atoms with Gasteiger partial charge in [0, 0.05) is 12.3 Å². The maximum Gasteiger partial charge on any atom is 0.306 e. The first-order chi connectivity index (χ1) is 10.3. The molecule has 2 rings (SSSR count). The molecule has 0 amide bonds. The average molecular weight is 302 g/mol. The molecular weight excluding hydrogens is 280 g/mol. The van der Waals surface area contributed by atoms with E-state index in [9.17, 15) is 4.79 Å². The molecule has 1 aromatic carbocycles. The van der Waals surface area contributed by atoms with Gasteiger partial charge in [0.25, 0.3) is 0 Å². The van der Waals surface area contributed by atoms with E-state index in [1.807, 2.05) is 58.0 Å². The molecule has 118 valence electrons. The predicted octanol–water partition coefficient (Wildman–Crippen LogP) is 3.44. The molecule has 1 aromatic heterocycles. The summed E-state index contributed by atoms with van der Waals surface area (Å²) in [5.41, 5.74) is 2.13. The molecule has 1 unspecified atom stereocenters. The first-order valence-corrected chi connectivity index (χ1v) is 7.40. The van der Waals surface area contributed by atoms with E-state index in [2.05, 4.69) is 10.3 Å². The molecule has 0 saturated heterocycles. The van der Waals surface area contributed by atoms with E-state index in [4.69, 9.17) is 9.37 Å². The zero-order chi connectivity index (χ0) is 16.2. The first-order valence-electron chi connectivity index (χ1n) is 7.40. The highest BCUT2D eigenvalue weighted by Crippen LogP contribution is 2.26. The minimum atomic E-state index is -0.482. The number of esters is 1. The molecule has 0 fully saturated rings. The fourth-order valence-electron chi connectivity index (χ4n) is 2.29. The van der Waals surface area contributed by atoms with E-state index in [1.165, 1.54) is 0 Å². The van der Waals surface area contributed by atoms with Crippen molar-refractivity contribution >= 4 is 5.97 Å². The van der Waals surface area contributed by atoms with E-state index >= 15 is 0 Å². The van der Waals surface area contributed by atoms with Gasteiger partial charge in [-0.15, -0.1) is 0 Å². The van der Waals surface area contributed by atoms with Gasteiger partial charge in [-0.05, 0) is 33.3 Å². The third-order valence-corrected chi connectivity index (χ3v) is 3.29. The molecule has 0 radical (unpaired) electrons. The lowest BCUT2D eigenvalue weighted by Gasteiger charge is -2.22. The van der Waals surface area contributed by atoms with Crippen LogP contribution in [0, 0.1) is 6.92 Å². The largest absolute Gasteiger partial charge is 0.460 e. The van der Waals surface area contributed by atoms with Crippen molar-refractivity contribution in [2.45, 2.75) is 52.1 Å². The van der Waals surface area contributed by atoms with E-state index < -0.39 is 5.60 Å². The topological polar surface area (TPSA) is 65.2 Å². The molecule has 22 heavy (non-hydrogen) atoms. The van der Waals surface area contributed by atoms with Crippen LogP contribution in [0.5, 0.6) is 0 Å². The maximum atomic E-state index is 12.2. The van der Waals surface area contributed by atoms with Crippen molar-refractivity contribution in [2.24, 2.45) is 0 Å². The number of hydrogen-bond donors (Lipinski definition) is 0. The summed E-state index contributed by atoms with van der Waals surface area (Å²) in [6.07, 6.45) is 0.895. The summed E-state index contributed by atoms with van der Waals surface area (Å²) < 4.78 is 10.2. The number of aromatic nitrogens is 2. The van der Waals surface area contributed by atoms with E-state index in [1.54, 1.807) is 0 Å². The Kier molecular flexibility index (Phi) is 4.96. The van der Waals surface area contributed by atoms with Gasteiger partial charge in [0.15, 0.2) is 0 Å². The molecule has 0 N–H and O–H groups in total. The minimum Gasteiger partial charge on any atom is -0.460 e. The lowest BCUT2D eigenvalue weighted by Crippen LogP contribution is -2.25. The summed E-state index contributed by atoms with van der Waals surface area (Å²) in [7, 11) is 0. The highest BCUT2D eigenvalue weighted by molar-refractivity contribution is 5.71. The standard InChI is InChI=1S/C17H22N2O3/c1-12-15(19-22-18-12)10-14(13-8-6-5-7-9-13)11-16(20)21-17(2,3)4/h5-9,14H,10-11H2,1-4H3. The molecule has 2 aromatic rings. The molecule has 0 saturated carbocycles. The Bertz CT molecular complexity index is 614. The van der Waals surface area contributed by atoms with E-state index in [0.717, 1.165) is 17.0 Å². The highest BCUT2D eigenvalue weighted by atomic mass is 16.6. The molecule has 1 atom stereocenters. The molecular formula is C17H22N2O3. The van der Waals surface area contributed by atoms with Crippen LogP contribution < -0.4 is 0 Å². The summed E-state index contributed by atoms with van der Waals surface area (Å²) in [5, 5.41) is 7.72. The van der Waals surface area contributed by atoms with Gasteiger partial charge < -0.3 is 4.74 Å². The number of benzene rings is 1. The Morgan fingerprint density at radius 3 is 2.45 bits per heavy atom. The SMILES string of the molecule is Cc1nonc1CC(CC(=O)OC(C)(C)C)c1ccccc1. The number of aryl methyl sites for hydroxylation is 1. The lowest BCUT2D eigenvalue weighted by atomic mass is 9.90. The Hall–Kier alpha value is -2.17. The second-order valence-corrected chi connectivity index (χ2v) is 6.40. The summed E-state index contributed by atoms with van der Waals surface area (Å²) in [5.74, 6) is -0.225. The van der Waals surface area contributed by atoms with Crippen LogP contribution in [0.4, 0.5) is 0 Å². The van der Waals surface area contributed by atoms with Crippen LogP contribution in [0.2, 0.25) is 0 Å². The van der Waals surface area contributed by atoms with Crippen molar-refractivity contribution in [3.05, 3.63) is 47.3 Å².